The molecule has 2 aromatic rings. The second kappa shape index (κ2) is 5.05. The van der Waals surface area contributed by atoms with Crippen LogP contribution in [0.3, 0.4) is 0 Å². The van der Waals surface area contributed by atoms with Gasteiger partial charge in [0.05, 0.1) is 16.3 Å². The van der Waals surface area contributed by atoms with E-state index in [1.807, 2.05) is 20.2 Å². The van der Waals surface area contributed by atoms with Crippen LogP contribution in [0, 0.1) is 17.0 Å². The molecule has 0 bridgehead atoms. The minimum atomic E-state index is -0.453. The van der Waals surface area contributed by atoms with Gasteiger partial charge in [0.15, 0.2) is 0 Å². The Hall–Kier alpha value is -2.44. The molecule has 7 nitrogen and oxygen atoms in total. The number of nitrogens with one attached hydrogen (secondary N) is 1. The Morgan fingerprint density at radius 3 is 2.84 bits per heavy atom. The lowest BCUT2D eigenvalue weighted by molar-refractivity contribution is -0.385. The molecular weight excluding hydrogens is 246 g/mol. The lowest BCUT2D eigenvalue weighted by Crippen LogP contribution is -1.99. The van der Waals surface area contributed by atoms with Crippen molar-refractivity contribution in [3.63, 3.8) is 0 Å². The van der Waals surface area contributed by atoms with E-state index in [0.29, 0.717) is 5.82 Å². The first-order chi connectivity index (χ1) is 9.01. The minimum Gasteiger partial charge on any atom is -0.337 e. The first-order valence-corrected chi connectivity index (χ1v) is 5.91. The average Bonchev–Trinajstić information content (AvgIpc) is 2.71. The molecule has 7 heteroatoms. The first kappa shape index (κ1) is 13.0. The van der Waals surface area contributed by atoms with Crippen LogP contribution in [0.1, 0.15) is 18.2 Å². The van der Waals surface area contributed by atoms with Gasteiger partial charge in [0, 0.05) is 19.3 Å². The molecule has 0 aliphatic rings. The maximum absolute atomic E-state index is 10.7. The van der Waals surface area contributed by atoms with Gasteiger partial charge in [-0.1, -0.05) is 6.92 Å². The van der Waals surface area contributed by atoms with E-state index >= 15 is 0 Å². The summed E-state index contributed by atoms with van der Waals surface area (Å²) in [5, 5.41) is 18.1. The summed E-state index contributed by atoms with van der Waals surface area (Å²) in [6.45, 7) is 3.80. The summed E-state index contributed by atoms with van der Waals surface area (Å²) in [4.78, 5) is 14.3. The fourth-order valence-corrected chi connectivity index (χ4v) is 1.82. The van der Waals surface area contributed by atoms with Gasteiger partial charge in [0.25, 0.3) is 5.69 Å². The molecule has 2 rings (SSSR count). The molecule has 19 heavy (non-hydrogen) atoms. The number of aromatic nitrogens is 3. The molecule has 1 N–H and O–H groups in total. The van der Waals surface area contributed by atoms with E-state index in [0.717, 1.165) is 23.4 Å². The fraction of sp³-hybridized carbons (Fsp3) is 0.333. The maximum atomic E-state index is 10.7. The highest BCUT2D eigenvalue weighted by atomic mass is 16.6. The molecule has 0 aliphatic carbocycles. The number of rotatable bonds is 4. The Morgan fingerprint density at radius 1 is 1.53 bits per heavy atom. The van der Waals surface area contributed by atoms with E-state index in [9.17, 15) is 10.1 Å². The number of anilines is 2. The zero-order valence-corrected chi connectivity index (χ0v) is 11.0. The number of pyridine rings is 1. The number of nitro groups is 1. The summed E-state index contributed by atoms with van der Waals surface area (Å²) in [7, 11) is 1.85. The Bertz CT molecular complexity index is 621. The molecule has 0 saturated heterocycles. The third-order valence-corrected chi connectivity index (χ3v) is 2.77. The standard InChI is InChI=1S/C12H15N5O2/c1-4-10-11(7-16(3)15-10)14-12-8(2)5-9(6-13-12)17(18)19/h5-7H,4H2,1-3H3,(H,13,14). The van der Waals surface area contributed by atoms with E-state index < -0.39 is 4.92 Å². The topological polar surface area (TPSA) is 85.9 Å². The summed E-state index contributed by atoms with van der Waals surface area (Å²) in [5.74, 6) is 0.605. The third-order valence-electron chi connectivity index (χ3n) is 2.77. The maximum Gasteiger partial charge on any atom is 0.287 e. The number of aryl methyl sites for hydroxylation is 3. The van der Waals surface area contributed by atoms with Gasteiger partial charge in [-0.15, -0.1) is 0 Å². The lowest BCUT2D eigenvalue weighted by atomic mass is 10.2. The summed E-state index contributed by atoms with van der Waals surface area (Å²) in [6.07, 6.45) is 3.91. The van der Waals surface area contributed by atoms with Gasteiger partial charge >= 0.3 is 0 Å². The van der Waals surface area contributed by atoms with Crippen molar-refractivity contribution < 1.29 is 4.92 Å². The Morgan fingerprint density at radius 2 is 2.26 bits per heavy atom. The van der Waals surface area contributed by atoms with E-state index in [2.05, 4.69) is 15.4 Å². The Balaban J connectivity index is 2.30. The van der Waals surface area contributed by atoms with Gasteiger partial charge in [0.1, 0.15) is 12.0 Å². The highest BCUT2D eigenvalue weighted by Crippen LogP contribution is 2.23. The van der Waals surface area contributed by atoms with Crippen molar-refractivity contribution in [1.29, 1.82) is 0 Å². The van der Waals surface area contributed by atoms with E-state index in [1.54, 1.807) is 11.6 Å². The van der Waals surface area contributed by atoms with E-state index in [1.165, 1.54) is 12.3 Å². The van der Waals surface area contributed by atoms with Gasteiger partial charge in [-0.3, -0.25) is 14.8 Å². The van der Waals surface area contributed by atoms with Crippen molar-refractivity contribution in [2.24, 2.45) is 7.05 Å². The van der Waals surface area contributed by atoms with Crippen LogP contribution in [0.5, 0.6) is 0 Å². The van der Waals surface area contributed by atoms with E-state index in [-0.39, 0.29) is 5.69 Å². The van der Waals surface area contributed by atoms with Crippen molar-refractivity contribution in [2.75, 3.05) is 5.32 Å². The lowest BCUT2D eigenvalue weighted by Gasteiger charge is -2.07. The molecule has 0 aromatic carbocycles. The third kappa shape index (κ3) is 2.70. The summed E-state index contributed by atoms with van der Waals surface area (Å²) < 4.78 is 1.72. The fourth-order valence-electron chi connectivity index (χ4n) is 1.82. The van der Waals surface area contributed by atoms with Crippen LogP contribution in [-0.2, 0) is 13.5 Å². The SMILES string of the molecule is CCc1nn(C)cc1Nc1ncc([N+](=O)[O-])cc1C. The van der Waals surface area contributed by atoms with E-state index in [4.69, 9.17) is 0 Å². The molecule has 0 fully saturated rings. The van der Waals surface area contributed by atoms with Crippen LogP contribution >= 0.6 is 0 Å². The Kier molecular flexibility index (Phi) is 3.46. The highest BCUT2D eigenvalue weighted by Gasteiger charge is 2.12. The zero-order chi connectivity index (χ0) is 14.0. The second-order valence-electron chi connectivity index (χ2n) is 4.26. The van der Waals surface area contributed by atoms with Crippen LogP contribution < -0.4 is 5.32 Å². The second-order valence-corrected chi connectivity index (χ2v) is 4.26. The highest BCUT2D eigenvalue weighted by molar-refractivity contribution is 5.61. The summed E-state index contributed by atoms with van der Waals surface area (Å²) in [6, 6.07) is 1.50. The largest absolute Gasteiger partial charge is 0.337 e. The minimum absolute atomic E-state index is 0.00930. The summed E-state index contributed by atoms with van der Waals surface area (Å²) in [5.41, 5.74) is 2.52. The van der Waals surface area contributed by atoms with Crippen LogP contribution in [0.15, 0.2) is 18.5 Å². The monoisotopic (exact) mass is 261 g/mol. The molecular formula is C12H15N5O2. The molecule has 0 unspecified atom stereocenters. The van der Waals surface area contributed by atoms with Gasteiger partial charge in [-0.2, -0.15) is 5.10 Å². The van der Waals surface area contributed by atoms with Crippen LogP contribution in [0.4, 0.5) is 17.2 Å². The number of nitrogens with zero attached hydrogens (tertiary/aromatic N) is 4. The van der Waals surface area contributed by atoms with Gasteiger partial charge < -0.3 is 5.32 Å². The smallest absolute Gasteiger partial charge is 0.287 e. The van der Waals surface area contributed by atoms with Gasteiger partial charge in [0.2, 0.25) is 0 Å². The number of hydrogen-bond donors (Lipinski definition) is 1. The molecule has 0 saturated carbocycles. The predicted molar refractivity (Wildman–Crippen MR) is 71.5 cm³/mol. The first-order valence-electron chi connectivity index (χ1n) is 5.91. The van der Waals surface area contributed by atoms with Crippen molar-refractivity contribution in [2.45, 2.75) is 20.3 Å². The molecule has 0 amide bonds. The molecule has 0 atom stereocenters. The van der Waals surface area contributed by atoms with Crippen molar-refractivity contribution in [3.05, 3.63) is 39.8 Å². The van der Waals surface area contributed by atoms with Gasteiger partial charge in [-0.05, 0) is 18.9 Å². The number of hydrogen-bond acceptors (Lipinski definition) is 5. The predicted octanol–water partition coefficient (Wildman–Crippen LogP) is 2.34. The van der Waals surface area contributed by atoms with Gasteiger partial charge in [-0.25, -0.2) is 4.98 Å². The molecule has 2 heterocycles. The molecule has 0 aliphatic heterocycles. The van der Waals surface area contributed by atoms with Crippen LogP contribution in [0.25, 0.3) is 0 Å². The molecule has 0 spiro atoms. The quantitative estimate of drug-likeness (QED) is 0.674. The van der Waals surface area contributed by atoms with Crippen molar-refractivity contribution in [3.8, 4) is 0 Å². The Labute approximate surface area is 110 Å². The zero-order valence-electron chi connectivity index (χ0n) is 11.0. The molecule has 2 aromatic heterocycles. The summed E-state index contributed by atoms with van der Waals surface area (Å²) >= 11 is 0. The molecule has 0 radical (unpaired) electrons. The molecule has 100 valence electrons. The normalized spacial score (nSPS) is 10.5. The van der Waals surface area contributed by atoms with Crippen LogP contribution in [0.2, 0.25) is 0 Å². The van der Waals surface area contributed by atoms with Crippen molar-refractivity contribution in [1.82, 2.24) is 14.8 Å². The van der Waals surface area contributed by atoms with Crippen molar-refractivity contribution >= 4 is 17.2 Å². The average molecular weight is 261 g/mol. The van der Waals surface area contributed by atoms with Crippen LogP contribution in [-0.4, -0.2) is 19.7 Å².